The molecule has 0 saturated heterocycles. The summed E-state index contributed by atoms with van der Waals surface area (Å²) >= 11 is 0. The number of hydrogen-bond donors (Lipinski definition) is 0. The zero-order chi connectivity index (χ0) is 21.8. The Morgan fingerprint density at radius 1 is 0.656 bits per heavy atom. The molecule has 0 aliphatic heterocycles. The van der Waals surface area contributed by atoms with Crippen LogP contribution < -0.4 is 0 Å². The maximum atomic E-state index is 4.42. The topological polar surface area (TPSA) is 0 Å². The Balaban J connectivity index is 1.27. The Kier molecular flexibility index (Phi) is 5.85. The van der Waals surface area contributed by atoms with E-state index in [-0.39, 0.29) is 0 Å². The smallest absolute Gasteiger partial charge is 0.00137 e. The quantitative estimate of drug-likeness (QED) is 0.290. The third kappa shape index (κ3) is 4.65. The van der Waals surface area contributed by atoms with E-state index in [1.165, 1.54) is 50.1 Å². The summed E-state index contributed by atoms with van der Waals surface area (Å²) in [7, 11) is 0. The lowest BCUT2D eigenvalue weighted by Crippen LogP contribution is -1.95. The van der Waals surface area contributed by atoms with Gasteiger partial charge in [0.15, 0.2) is 0 Å². The predicted octanol–water partition coefficient (Wildman–Crippen LogP) is 7.82. The predicted molar refractivity (Wildman–Crippen MR) is 137 cm³/mol. The number of rotatable bonds is 7. The minimum absolute atomic E-state index is 0.879. The molecule has 1 aliphatic rings. The van der Waals surface area contributed by atoms with Gasteiger partial charge in [-0.05, 0) is 75.8 Å². The molecule has 0 heterocycles. The van der Waals surface area contributed by atoms with Gasteiger partial charge in [-0.15, -0.1) is 0 Å². The number of hydrogen-bond acceptors (Lipinski definition) is 0. The average molecular weight is 413 g/mol. The van der Waals surface area contributed by atoms with Crippen LogP contribution in [0.1, 0.15) is 38.9 Å². The monoisotopic (exact) mass is 412 g/mol. The molecule has 0 N–H and O–H groups in total. The van der Waals surface area contributed by atoms with Crippen LogP contribution in [0, 0.1) is 0 Å². The molecule has 0 nitrogen and oxygen atoms in total. The van der Waals surface area contributed by atoms with Crippen molar-refractivity contribution in [1.29, 1.82) is 0 Å². The van der Waals surface area contributed by atoms with Crippen molar-refractivity contribution in [3.8, 4) is 0 Å². The first kappa shape index (κ1) is 20.3. The number of benzene rings is 4. The van der Waals surface area contributed by atoms with Crippen molar-refractivity contribution in [2.24, 2.45) is 0 Å². The van der Waals surface area contributed by atoms with Crippen LogP contribution in [0.5, 0.6) is 0 Å². The molecule has 1 aliphatic carbocycles. The first-order chi connectivity index (χ1) is 15.7. The second-order valence-electron chi connectivity index (χ2n) is 8.71. The maximum absolute atomic E-state index is 4.42. The Labute approximate surface area is 191 Å². The van der Waals surface area contributed by atoms with E-state index in [9.17, 15) is 0 Å². The fourth-order valence-corrected chi connectivity index (χ4v) is 4.56. The van der Waals surface area contributed by atoms with E-state index in [1.54, 1.807) is 0 Å². The van der Waals surface area contributed by atoms with Gasteiger partial charge in [0, 0.05) is 0 Å². The second kappa shape index (κ2) is 9.24. The summed E-state index contributed by atoms with van der Waals surface area (Å²) in [4.78, 5) is 0. The van der Waals surface area contributed by atoms with Gasteiger partial charge in [0.2, 0.25) is 0 Å². The molecule has 156 valence electrons. The molecule has 0 amide bonds. The molecule has 0 bridgehead atoms. The average Bonchev–Trinajstić information content (AvgIpc) is 3.28. The number of aryl methyl sites for hydroxylation is 2. The maximum Gasteiger partial charge on any atom is -0.00137 e. The van der Waals surface area contributed by atoms with Gasteiger partial charge in [0.05, 0.1) is 0 Å². The first-order valence-electron chi connectivity index (χ1n) is 11.4. The molecule has 0 aromatic heterocycles. The molecular formula is C32H28. The van der Waals surface area contributed by atoms with Crippen LogP contribution in [0.2, 0.25) is 0 Å². The lowest BCUT2D eigenvalue weighted by atomic mass is 9.95. The van der Waals surface area contributed by atoms with Crippen molar-refractivity contribution in [3.63, 3.8) is 0 Å². The van der Waals surface area contributed by atoms with Gasteiger partial charge in [-0.25, -0.2) is 0 Å². The van der Waals surface area contributed by atoms with Crippen LogP contribution >= 0.6 is 0 Å². The lowest BCUT2D eigenvalue weighted by Gasteiger charge is -2.10. The Morgan fingerprint density at radius 2 is 1.38 bits per heavy atom. The molecule has 4 aromatic rings. The Bertz CT molecular complexity index is 1260. The largest absolute Gasteiger partial charge is 0.0949 e. The van der Waals surface area contributed by atoms with Crippen molar-refractivity contribution in [1.82, 2.24) is 0 Å². The molecule has 0 saturated carbocycles. The summed E-state index contributed by atoms with van der Waals surface area (Å²) in [5.41, 5.74) is 12.0. The molecule has 0 spiro atoms. The third-order valence-electron chi connectivity index (χ3n) is 6.36. The van der Waals surface area contributed by atoms with E-state index in [0.29, 0.717) is 0 Å². The summed E-state index contributed by atoms with van der Waals surface area (Å²) in [6.45, 7) is 4.42. The highest BCUT2D eigenvalue weighted by Gasteiger charge is 2.14. The SMILES string of the molecule is C=C(Cc1ccc2c(c1)C=C(c1ccccc1)C2)c1cccc(CCc2ccccc2)c1. The van der Waals surface area contributed by atoms with E-state index in [0.717, 1.165) is 25.7 Å². The fraction of sp³-hybridized carbons (Fsp3) is 0.125. The van der Waals surface area contributed by atoms with Crippen LogP contribution in [0.15, 0.2) is 110 Å². The molecule has 0 heteroatoms. The minimum atomic E-state index is 0.879. The van der Waals surface area contributed by atoms with E-state index < -0.39 is 0 Å². The van der Waals surface area contributed by atoms with Gasteiger partial charge in [0.1, 0.15) is 0 Å². The van der Waals surface area contributed by atoms with E-state index in [4.69, 9.17) is 0 Å². The molecule has 0 atom stereocenters. The summed E-state index contributed by atoms with van der Waals surface area (Å²) < 4.78 is 0. The normalized spacial score (nSPS) is 12.3. The van der Waals surface area contributed by atoms with Gasteiger partial charge in [0.25, 0.3) is 0 Å². The summed E-state index contributed by atoms with van der Waals surface area (Å²) in [6.07, 6.45) is 6.36. The summed E-state index contributed by atoms with van der Waals surface area (Å²) in [5.74, 6) is 0. The number of allylic oxidation sites excluding steroid dienone is 2. The first-order valence-corrected chi connectivity index (χ1v) is 11.4. The van der Waals surface area contributed by atoms with E-state index >= 15 is 0 Å². The molecule has 0 radical (unpaired) electrons. The molecule has 4 aromatic carbocycles. The van der Waals surface area contributed by atoms with Gasteiger partial charge in [-0.1, -0.05) is 116 Å². The van der Waals surface area contributed by atoms with Crippen molar-refractivity contribution in [3.05, 3.63) is 149 Å². The lowest BCUT2D eigenvalue weighted by molar-refractivity contribution is 0.959. The van der Waals surface area contributed by atoms with Gasteiger partial charge in [-0.3, -0.25) is 0 Å². The minimum Gasteiger partial charge on any atom is -0.0949 e. The van der Waals surface area contributed by atoms with E-state index in [2.05, 4.69) is 116 Å². The second-order valence-corrected chi connectivity index (χ2v) is 8.71. The van der Waals surface area contributed by atoms with Crippen molar-refractivity contribution in [2.75, 3.05) is 0 Å². The van der Waals surface area contributed by atoms with E-state index in [1.807, 2.05) is 0 Å². The molecule has 32 heavy (non-hydrogen) atoms. The Hall–Kier alpha value is -3.64. The summed E-state index contributed by atoms with van der Waals surface area (Å²) in [6, 6.07) is 37.2. The highest BCUT2D eigenvalue weighted by Crippen LogP contribution is 2.33. The van der Waals surface area contributed by atoms with Gasteiger partial charge >= 0.3 is 0 Å². The van der Waals surface area contributed by atoms with Crippen LogP contribution in [0.4, 0.5) is 0 Å². The Morgan fingerprint density at radius 3 is 2.19 bits per heavy atom. The van der Waals surface area contributed by atoms with Crippen LogP contribution in [0.25, 0.3) is 17.2 Å². The number of fused-ring (bicyclic) bond motifs is 1. The van der Waals surface area contributed by atoms with Crippen LogP contribution in [0.3, 0.4) is 0 Å². The fourth-order valence-electron chi connectivity index (χ4n) is 4.56. The zero-order valence-corrected chi connectivity index (χ0v) is 18.4. The van der Waals surface area contributed by atoms with Crippen LogP contribution in [-0.4, -0.2) is 0 Å². The molecular weight excluding hydrogens is 384 g/mol. The van der Waals surface area contributed by atoms with Crippen molar-refractivity contribution >= 4 is 17.2 Å². The van der Waals surface area contributed by atoms with Gasteiger partial charge in [-0.2, -0.15) is 0 Å². The molecule has 5 rings (SSSR count). The summed E-state index contributed by atoms with van der Waals surface area (Å²) in [5, 5.41) is 0. The van der Waals surface area contributed by atoms with Crippen molar-refractivity contribution in [2.45, 2.75) is 25.7 Å². The van der Waals surface area contributed by atoms with Crippen LogP contribution in [-0.2, 0) is 25.7 Å². The van der Waals surface area contributed by atoms with Gasteiger partial charge < -0.3 is 0 Å². The highest BCUT2D eigenvalue weighted by atomic mass is 14.2. The highest BCUT2D eigenvalue weighted by molar-refractivity contribution is 5.88. The molecule has 0 fully saturated rings. The van der Waals surface area contributed by atoms with Crippen molar-refractivity contribution < 1.29 is 0 Å². The molecule has 0 unspecified atom stereocenters. The third-order valence-corrected chi connectivity index (χ3v) is 6.36. The standard InChI is InChI=1S/C32H28/c1-24(29-14-8-11-26(20-29)16-15-25-9-4-2-5-10-25)19-27-17-18-30-22-32(23-31(30)21-27)28-12-6-3-7-13-28/h2-14,17-18,20-21,23H,1,15-16,19,22H2. The zero-order valence-electron chi connectivity index (χ0n) is 18.4.